The molecule has 1 aromatic carbocycles. The molecule has 1 aromatic rings. The van der Waals surface area contributed by atoms with Gasteiger partial charge in [0.1, 0.15) is 19.0 Å². The quantitative estimate of drug-likeness (QED) is 0.469. The van der Waals surface area contributed by atoms with Gasteiger partial charge < -0.3 is 9.47 Å². The number of carbonyl (C=O) groups is 2. The number of aryl methyl sites for hydroxylation is 1. The standard InChI is InChI=1S/C15H14O4/c16-7-10-1-2-12-6-13(4-3-11(12)5-10)15(17)19-9-14-8-18-14/h1-2,5-7,14H,3-4,8-9H2/t14-/m0/s1. The molecule has 0 radical (unpaired) electrons. The lowest BCUT2D eigenvalue weighted by Gasteiger charge is -2.15. The van der Waals surface area contributed by atoms with Gasteiger partial charge in [-0.1, -0.05) is 12.1 Å². The molecule has 1 aliphatic heterocycles. The third-order valence-electron chi connectivity index (χ3n) is 3.36. The van der Waals surface area contributed by atoms with Crippen LogP contribution in [0.2, 0.25) is 0 Å². The van der Waals surface area contributed by atoms with Crippen LogP contribution in [0, 0.1) is 0 Å². The number of ether oxygens (including phenoxy) is 2. The van der Waals surface area contributed by atoms with Gasteiger partial charge in [-0.15, -0.1) is 0 Å². The van der Waals surface area contributed by atoms with E-state index in [1.165, 1.54) is 0 Å². The van der Waals surface area contributed by atoms with E-state index in [0.717, 1.165) is 23.8 Å². The zero-order valence-electron chi connectivity index (χ0n) is 10.4. The Kier molecular flexibility index (Phi) is 3.17. The highest BCUT2D eigenvalue weighted by Crippen LogP contribution is 2.25. The van der Waals surface area contributed by atoms with Gasteiger partial charge in [0.05, 0.1) is 6.61 Å². The van der Waals surface area contributed by atoms with Crippen LogP contribution in [0.25, 0.3) is 6.08 Å². The summed E-state index contributed by atoms with van der Waals surface area (Å²) in [6.07, 6.45) is 4.19. The SMILES string of the molecule is O=Cc1ccc2c(c1)CCC(C(=O)OC[C@@H]1CO1)=C2. The van der Waals surface area contributed by atoms with Gasteiger partial charge >= 0.3 is 5.97 Å². The molecule has 19 heavy (non-hydrogen) atoms. The summed E-state index contributed by atoms with van der Waals surface area (Å²) < 4.78 is 10.2. The average Bonchev–Trinajstić information content (AvgIpc) is 3.27. The first-order chi connectivity index (χ1) is 9.26. The molecule has 0 saturated carbocycles. The van der Waals surface area contributed by atoms with E-state index < -0.39 is 0 Å². The minimum Gasteiger partial charge on any atom is -0.459 e. The van der Waals surface area contributed by atoms with E-state index in [9.17, 15) is 9.59 Å². The summed E-state index contributed by atoms with van der Waals surface area (Å²) >= 11 is 0. The molecule has 1 fully saturated rings. The molecule has 4 nitrogen and oxygen atoms in total. The summed E-state index contributed by atoms with van der Waals surface area (Å²) in [5.41, 5.74) is 3.45. The fourth-order valence-corrected chi connectivity index (χ4v) is 2.17. The predicted molar refractivity (Wildman–Crippen MR) is 68.8 cm³/mol. The van der Waals surface area contributed by atoms with E-state index in [1.807, 2.05) is 18.2 Å². The Morgan fingerprint density at radius 1 is 1.42 bits per heavy atom. The van der Waals surface area contributed by atoms with Gasteiger partial charge in [0.15, 0.2) is 0 Å². The first-order valence-corrected chi connectivity index (χ1v) is 6.33. The van der Waals surface area contributed by atoms with Crippen LogP contribution in [0.15, 0.2) is 23.8 Å². The van der Waals surface area contributed by atoms with Crippen molar-refractivity contribution < 1.29 is 19.1 Å². The van der Waals surface area contributed by atoms with E-state index in [4.69, 9.17) is 9.47 Å². The van der Waals surface area contributed by atoms with Gasteiger partial charge in [0.25, 0.3) is 0 Å². The van der Waals surface area contributed by atoms with Crippen LogP contribution in [0.1, 0.15) is 27.9 Å². The van der Waals surface area contributed by atoms with Crippen molar-refractivity contribution >= 4 is 18.3 Å². The number of fused-ring (bicyclic) bond motifs is 1. The molecule has 1 saturated heterocycles. The third kappa shape index (κ3) is 2.74. The summed E-state index contributed by atoms with van der Waals surface area (Å²) in [6.45, 7) is 1.02. The first kappa shape index (κ1) is 12.1. The Hall–Kier alpha value is -1.94. The molecule has 98 valence electrons. The lowest BCUT2D eigenvalue weighted by Crippen LogP contribution is -2.14. The highest BCUT2D eigenvalue weighted by molar-refractivity contribution is 5.95. The number of carbonyl (C=O) groups excluding carboxylic acids is 2. The summed E-state index contributed by atoms with van der Waals surface area (Å²) in [5, 5.41) is 0. The Bertz CT molecular complexity index is 555. The molecule has 3 rings (SSSR count). The number of hydrogen-bond acceptors (Lipinski definition) is 4. The van der Waals surface area contributed by atoms with Crippen molar-refractivity contribution in [1.82, 2.24) is 0 Å². The second-order valence-corrected chi connectivity index (χ2v) is 4.80. The molecule has 0 unspecified atom stereocenters. The number of aldehydes is 1. The minimum atomic E-state index is -0.263. The average molecular weight is 258 g/mol. The van der Waals surface area contributed by atoms with E-state index in [2.05, 4.69) is 0 Å². The van der Waals surface area contributed by atoms with Crippen LogP contribution < -0.4 is 0 Å². The Labute approximate surface area is 111 Å². The van der Waals surface area contributed by atoms with Gasteiger partial charge in [-0.3, -0.25) is 4.79 Å². The summed E-state index contributed by atoms with van der Waals surface area (Å²) in [6, 6.07) is 5.50. The number of epoxide rings is 1. The van der Waals surface area contributed by atoms with Crippen molar-refractivity contribution in [3.8, 4) is 0 Å². The number of rotatable bonds is 4. The minimum absolute atomic E-state index is 0.0931. The Balaban J connectivity index is 1.74. The van der Waals surface area contributed by atoms with Crippen molar-refractivity contribution in [3.63, 3.8) is 0 Å². The monoisotopic (exact) mass is 258 g/mol. The second-order valence-electron chi connectivity index (χ2n) is 4.80. The predicted octanol–water partition coefficient (Wildman–Crippen LogP) is 1.77. The summed E-state index contributed by atoms with van der Waals surface area (Å²) in [5.74, 6) is -0.263. The second kappa shape index (κ2) is 4.97. The smallest absolute Gasteiger partial charge is 0.334 e. The number of hydrogen-bond donors (Lipinski definition) is 0. The lowest BCUT2D eigenvalue weighted by atomic mass is 9.91. The summed E-state index contributed by atoms with van der Waals surface area (Å²) in [4.78, 5) is 22.6. The van der Waals surface area contributed by atoms with E-state index in [1.54, 1.807) is 6.07 Å². The summed E-state index contributed by atoms with van der Waals surface area (Å²) in [7, 11) is 0. The van der Waals surface area contributed by atoms with E-state index >= 15 is 0 Å². The van der Waals surface area contributed by atoms with Gasteiger partial charge in [0.2, 0.25) is 0 Å². The van der Waals surface area contributed by atoms with Crippen LogP contribution in [-0.4, -0.2) is 31.6 Å². The molecule has 1 heterocycles. The highest BCUT2D eigenvalue weighted by Gasteiger charge is 2.25. The van der Waals surface area contributed by atoms with Crippen molar-refractivity contribution in [2.45, 2.75) is 18.9 Å². The van der Waals surface area contributed by atoms with Crippen molar-refractivity contribution in [3.05, 3.63) is 40.5 Å². The van der Waals surface area contributed by atoms with Crippen molar-refractivity contribution in [1.29, 1.82) is 0 Å². The molecule has 2 aliphatic rings. The molecule has 0 spiro atoms. The molecule has 0 N–H and O–H groups in total. The number of esters is 1. The Morgan fingerprint density at radius 3 is 3.00 bits per heavy atom. The fourth-order valence-electron chi connectivity index (χ4n) is 2.17. The molecule has 4 heteroatoms. The number of benzene rings is 1. The normalized spacial score (nSPS) is 20.2. The van der Waals surface area contributed by atoms with Gasteiger partial charge in [0, 0.05) is 11.1 Å². The zero-order chi connectivity index (χ0) is 13.2. The van der Waals surface area contributed by atoms with Gasteiger partial charge in [-0.05, 0) is 36.1 Å². The van der Waals surface area contributed by atoms with Crippen LogP contribution in [-0.2, 0) is 20.7 Å². The topological polar surface area (TPSA) is 55.9 Å². The fraction of sp³-hybridized carbons (Fsp3) is 0.333. The van der Waals surface area contributed by atoms with Crippen LogP contribution in [0.4, 0.5) is 0 Å². The maximum Gasteiger partial charge on any atom is 0.334 e. The molecule has 0 aromatic heterocycles. The largest absolute Gasteiger partial charge is 0.459 e. The third-order valence-corrected chi connectivity index (χ3v) is 3.36. The van der Waals surface area contributed by atoms with Crippen molar-refractivity contribution in [2.24, 2.45) is 0 Å². The van der Waals surface area contributed by atoms with Crippen LogP contribution in [0.3, 0.4) is 0 Å². The van der Waals surface area contributed by atoms with Crippen LogP contribution in [0.5, 0.6) is 0 Å². The van der Waals surface area contributed by atoms with Gasteiger partial charge in [-0.2, -0.15) is 0 Å². The first-order valence-electron chi connectivity index (χ1n) is 6.33. The molecule has 1 atom stereocenters. The lowest BCUT2D eigenvalue weighted by molar-refractivity contribution is -0.139. The van der Waals surface area contributed by atoms with E-state index in [0.29, 0.717) is 30.8 Å². The molecule has 1 aliphatic carbocycles. The molecular weight excluding hydrogens is 244 g/mol. The molecular formula is C15H14O4. The zero-order valence-corrected chi connectivity index (χ0v) is 10.4. The van der Waals surface area contributed by atoms with E-state index in [-0.39, 0.29) is 12.1 Å². The maximum atomic E-state index is 11.9. The van der Waals surface area contributed by atoms with Crippen LogP contribution >= 0.6 is 0 Å². The van der Waals surface area contributed by atoms with Gasteiger partial charge in [-0.25, -0.2) is 4.79 Å². The maximum absolute atomic E-state index is 11.9. The van der Waals surface area contributed by atoms with Crippen molar-refractivity contribution in [2.75, 3.05) is 13.2 Å². The highest BCUT2D eigenvalue weighted by atomic mass is 16.6. The molecule has 0 bridgehead atoms. The Morgan fingerprint density at radius 2 is 2.26 bits per heavy atom. The molecule has 0 amide bonds.